The fourth-order valence-corrected chi connectivity index (χ4v) is 5.62. The summed E-state index contributed by atoms with van der Waals surface area (Å²) < 4.78 is 10.5. The second kappa shape index (κ2) is 14.7. The lowest BCUT2D eigenvalue weighted by molar-refractivity contribution is 0.0412. The predicted molar refractivity (Wildman–Crippen MR) is 155 cm³/mol. The van der Waals surface area contributed by atoms with Gasteiger partial charge < -0.3 is 25.4 Å². The van der Waals surface area contributed by atoms with Gasteiger partial charge >= 0.3 is 12.2 Å². The van der Waals surface area contributed by atoms with Crippen molar-refractivity contribution in [3.8, 4) is 0 Å². The van der Waals surface area contributed by atoms with Gasteiger partial charge in [-0.05, 0) is 74.9 Å². The maximum absolute atomic E-state index is 14.0. The summed E-state index contributed by atoms with van der Waals surface area (Å²) in [6, 6.07) is 16.8. The Hall–Kier alpha value is -3.37. The quantitative estimate of drug-likeness (QED) is 0.237. The summed E-state index contributed by atoms with van der Waals surface area (Å²) >= 11 is 2.98. The van der Waals surface area contributed by atoms with E-state index in [1.165, 1.54) is 11.3 Å². The van der Waals surface area contributed by atoms with Gasteiger partial charge in [-0.1, -0.05) is 42.5 Å². The molecule has 0 fully saturated rings. The summed E-state index contributed by atoms with van der Waals surface area (Å²) in [4.78, 5) is 41.5. The third-order valence-electron chi connectivity index (χ3n) is 5.91. The van der Waals surface area contributed by atoms with Crippen LogP contribution in [0.2, 0.25) is 0 Å². The van der Waals surface area contributed by atoms with Crippen LogP contribution in [0.5, 0.6) is 0 Å². The van der Waals surface area contributed by atoms with E-state index in [2.05, 4.69) is 5.32 Å². The van der Waals surface area contributed by atoms with E-state index in [0.29, 0.717) is 37.1 Å². The third-order valence-corrected chi connectivity index (χ3v) is 7.63. The molecule has 210 valence electrons. The van der Waals surface area contributed by atoms with Crippen LogP contribution in [-0.2, 0) is 22.4 Å². The molecule has 2 heterocycles. The summed E-state index contributed by atoms with van der Waals surface area (Å²) in [6.45, 7) is 6.03. The van der Waals surface area contributed by atoms with Crippen LogP contribution in [-0.4, -0.2) is 47.3 Å². The number of nitrogens with two attached hydrogens (primary N) is 1. The number of carbonyl (C=O) groups is 3. The van der Waals surface area contributed by atoms with Gasteiger partial charge in [-0.15, -0.1) is 22.7 Å². The van der Waals surface area contributed by atoms with Crippen LogP contribution in [0.15, 0.2) is 65.4 Å². The van der Waals surface area contributed by atoms with E-state index in [9.17, 15) is 14.4 Å². The van der Waals surface area contributed by atoms with Crippen LogP contribution in [0.25, 0.3) is 0 Å². The SMILES string of the molecule is CC(C)(C)OC(=O)N[C@@H](CCCCOC(N)=O)C(Cc1ccccc1)N(Cc1cccs1)C(=O)c1cccs1. The molecule has 0 saturated heterocycles. The molecule has 1 unspecified atom stereocenters. The normalized spacial score (nSPS) is 12.8. The smallest absolute Gasteiger partial charge is 0.407 e. The van der Waals surface area contributed by atoms with E-state index in [-0.39, 0.29) is 18.6 Å². The van der Waals surface area contributed by atoms with Crippen LogP contribution >= 0.6 is 22.7 Å². The molecule has 39 heavy (non-hydrogen) atoms. The van der Waals surface area contributed by atoms with Crippen LogP contribution in [0.4, 0.5) is 9.59 Å². The van der Waals surface area contributed by atoms with Crippen molar-refractivity contribution in [3.05, 3.63) is 80.7 Å². The molecule has 0 aliphatic heterocycles. The maximum Gasteiger partial charge on any atom is 0.407 e. The van der Waals surface area contributed by atoms with Gasteiger partial charge in [-0.2, -0.15) is 0 Å². The highest BCUT2D eigenvalue weighted by molar-refractivity contribution is 7.12. The minimum atomic E-state index is -0.816. The summed E-state index contributed by atoms with van der Waals surface area (Å²) in [5.74, 6) is -0.0904. The second-order valence-corrected chi connectivity index (χ2v) is 12.1. The lowest BCUT2D eigenvalue weighted by Gasteiger charge is -2.38. The molecule has 0 saturated carbocycles. The van der Waals surface area contributed by atoms with Crippen molar-refractivity contribution in [1.82, 2.24) is 10.2 Å². The molecule has 0 aliphatic rings. The van der Waals surface area contributed by atoms with Crippen molar-refractivity contribution < 1.29 is 23.9 Å². The average Bonchev–Trinajstić information content (AvgIpc) is 3.59. The van der Waals surface area contributed by atoms with Gasteiger partial charge in [0.15, 0.2) is 0 Å². The van der Waals surface area contributed by atoms with Crippen molar-refractivity contribution in [2.24, 2.45) is 5.73 Å². The molecule has 1 aromatic carbocycles. The van der Waals surface area contributed by atoms with Gasteiger partial charge in [0.1, 0.15) is 5.60 Å². The molecular weight excluding hydrogens is 534 g/mol. The average molecular weight is 572 g/mol. The van der Waals surface area contributed by atoms with E-state index < -0.39 is 23.8 Å². The Morgan fingerprint density at radius 3 is 2.31 bits per heavy atom. The monoisotopic (exact) mass is 571 g/mol. The van der Waals surface area contributed by atoms with Crippen molar-refractivity contribution in [1.29, 1.82) is 0 Å². The topological polar surface area (TPSA) is 111 Å². The molecule has 3 aromatic rings. The first-order valence-electron chi connectivity index (χ1n) is 12.9. The van der Waals surface area contributed by atoms with Crippen molar-refractivity contribution in [2.45, 2.75) is 70.7 Å². The van der Waals surface area contributed by atoms with Gasteiger partial charge in [0.2, 0.25) is 0 Å². The number of benzene rings is 1. The zero-order valence-electron chi connectivity index (χ0n) is 22.6. The lowest BCUT2D eigenvalue weighted by atomic mass is 9.93. The molecular formula is C29H37N3O5S2. The Kier molecular flexibility index (Phi) is 11.4. The number of nitrogens with zero attached hydrogens (tertiary/aromatic N) is 1. The molecule has 3 N–H and O–H groups in total. The Balaban J connectivity index is 1.97. The molecule has 0 aliphatic carbocycles. The van der Waals surface area contributed by atoms with Crippen molar-refractivity contribution in [3.63, 3.8) is 0 Å². The van der Waals surface area contributed by atoms with Gasteiger partial charge in [0, 0.05) is 4.88 Å². The number of hydrogen-bond donors (Lipinski definition) is 2. The van der Waals surface area contributed by atoms with Crippen LogP contribution in [0.3, 0.4) is 0 Å². The maximum atomic E-state index is 14.0. The highest BCUT2D eigenvalue weighted by Gasteiger charge is 2.34. The number of ether oxygens (including phenoxy) is 2. The highest BCUT2D eigenvalue weighted by Crippen LogP contribution is 2.25. The minimum Gasteiger partial charge on any atom is -0.450 e. The number of hydrogen-bond acceptors (Lipinski definition) is 7. The highest BCUT2D eigenvalue weighted by atomic mass is 32.1. The number of amides is 3. The molecule has 2 aromatic heterocycles. The number of alkyl carbamates (subject to hydrolysis) is 1. The number of carbonyl (C=O) groups excluding carboxylic acids is 3. The Morgan fingerprint density at radius 2 is 1.69 bits per heavy atom. The first kappa shape index (κ1) is 30.2. The molecule has 3 amide bonds. The number of rotatable bonds is 13. The number of nitrogens with one attached hydrogen (secondary N) is 1. The Labute approximate surface area is 238 Å². The van der Waals surface area contributed by atoms with Crippen LogP contribution in [0, 0.1) is 0 Å². The summed E-state index contributed by atoms with van der Waals surface area (Å²) in [6.07, 6.45) is 0.915. The Morgan fingerprint density at radius 1 is 0.974 bits per heavy atom. The minimum absolute atomic E-state index is 0.0904. The van der Waals surface area contributed by atoms with Gasteiger partial charge in [-0.3, -0.25) is 4.79 Å². The molecule has 3 rings (SSSR count). The summed E-state index contributed by atoms with van der Waals surface area (Å²) in [5, 5.41) is 6.95. The molecule has 0 radical (unpaired) electrons. The third kappa shape index (κ3) is 10.4. The number of unbranched alkanes of at least 4 members (excludes halogenated alkanes) is 1. The zero-order chi connectivity index (χ0) is 28.3. The molecule has 0 bridgehead atoms. The summed E-state index contributed by atoms with van der Waals surface area (Å²) in [5.41, 5.74) is 5.47. The van der Waals surface area contributed by atoms with Crippen molar-refractivity contribution in [2.75, 3.05) is 6.61 Å². The first-order valence-corrected chi connectivity index (χ1v) is 14.7. The predicted octanol–water partition coefficient (Wildman–Crippen LogP) is 6.22. The van der Waals surface area contributed by atoms with Crippen molar-refractivity contribution >= 4 is 40.8 Å². The number of thiophene rings is 2. The molecule has 8 nitrogen and oxygen atoms in total. The molecule has 2 atom stereocenters. The van der Waals surface area contributed by atoms with Crippen LogP contribution in [0.1, 0.15) is 60.1 Å². The van der Waals surface area contributed by atoms with Crippen LogP contribution < -0.4 is 11.1 Å². The summed E-state index contributed by atoms with van der Waals surface area (Å²) in [7, 11) is 0. The molecule has 10 heteroatoms. The lowest BCUT2D eigenvalue weighted by Crippen LogP contribution is -2.55. The second-order valence-electron chi connectivity index (χ2n) is 10.2. The van der Waals surface area contributed by atoms with E-state index in [0.717, 1.165) is 10.4 Å². The van der Waals surface area contributed by atoms with E-state index >= 15 is 0 Å². The largest absolute Gasteiger partial charge is 0.450 e. The van der Waals surface area contributed by atoms with Gasteiger partial charge in [-0.25, -0.2) is 9.59 Å². The Bertz CT molecular complexity index is 1160. The van der Waals surface area contributed by atoms with E-state index in [1.54, 1.807) is 11.3 Å². The first-order chi connectivity index (χ1) is 18.6. The fourth-order valence-electron chi connectivity index (χ4n) is 4.24. The van der Waals surface area contributed by atoms with Gasteiger partial charge in [0.25, 0.3) is 5.91 Å². The molecule has 0 spiro atoms. The zero-order valence-corrected chi connectivity index (χ0v) is 24.3. The number of primary amides is 1. The van der Waals surface area contributed by atoms with E-state index in [1.807, 2.05) is 91.0 Å². The van der Waals surface area contributed by atoms with E-state index in [4.69, 9.17) is 15.2 Å². The van der Waals surface area contributed by atoms with Gasteiger partial charge in [0.05, 0.1) is 30.1 Å². The standard InChI is InChI=1S/C29H37N3O5S2/c1-29(2,3)37-28(35)31-23(14-7-8-16-36-27(30)34)24(19-21-11-5-4-6-12-21)32(20-22-13-9-17-38-22)26(33)25-15-10-18-39-25/h4-6,9-13,15,17-18,23-24H,7-8,14,16,19-20H2,1-3H3,(H2,30,34)(H,31,35)/t23-,24?/m0/s1. The fraction of sp³-hybridized carbons (Fsp3) is 0.414.